The lowest BCUT2D eigenvalue weighted by molar-refractivity contribution is -0.384. The van der Waals surface area contributed by atoms with Crippen LogP contribution in [-0.4, -0.2) is 22.4 Å². The lowest BCUT2D eigenvalue weighted by Gasteiger charge is -2.17. The third kappa shape index (κ3) is 3.61. The quantitative estimate of drug-likeness (QED) is 0.549. The van der Waals surface area contributed by atoms with Gasteiger partial charge >= 0.3 is 0 Å². The fraction of sp³-hybridized carbons (Fsp3) is 0.111. The lowest BCUT2D eigenvalue weighted by Crippen LogP contribution is -2.33. The Hall–Kier alpha value is -3.32. The summed E-state index contributed by atoms with van der Waals surface area (Å²) in [4.78, 5) is 27.3. The number of nitro benzene ring substituents is 1. The number of rotatable bonds is 5. The van der Waals surface area contributed by atoms with Crippen LogP contribution in [0.25, 0.3) is 10.9 Å². The molecule has 3 rings (SSSR count). The molecule has 0 radical (unpaired) electrons. The maximum atomic E-state index is 12.5. The zero-order chi connectivity index (χ0) is 17.8. The molecule has 0 saturated carbocycles. The second-order valence-electron chi connectivity index (χ2n) is 5.50. The van der Waals surface area contributed by atoms with Crippen LogP contribution in [0.5, 0.6) is 0 Å². The molecule has 0 saturated heterocycles. The van der Waals surface area contributed by atoms with Crippen LogP contribution in [0.3, 0.4) is 0 Å². The second kappa shape index (κ2) is 7.06. The molecule has 1 heterocycles. The molecule has 25 heavy (non-hydrogen) atoms. The summed E-state index contributed by atoms with van der Waals surface area (Å²) < 4.78 is 0. The van der Waals surface area contributed by atoms with E-state index in [1.54, 1.807) is 18.2 Å². The summed E-state index contributed by atoms with van der Waals surface area (Å²) in [6, 6.07) is 16.5. The normalized spacial score (nSPS) is 11.9. The number of amides is 1. The number of carbonyl (C=O) groups is 1. The number of para-hydroxylation sites is 1. The average Bonchev–Trinajstić information content (AvgIpc) is 2.65. The SMILES string of the molecule is NCC(NC(=O)c1ccc2ccccc2n1)c1cccc([N+](=O)[O-])c1. The van der Waals surface area contributed by atoms with Crippen LogP contribution in [0.1, 0.15) is 22.1 Å². The van der Waals surface area contributed by atoms with Crippen molar-refractivity contribution in [3.8, 4) is 0 Å². The van der Waals surface area contributed by atoms with Crippen molar-refractivity contribution in [2.75, 3.05) is 6.54 Å². The first-order valence-corrected chi connectivity index (χ1v) is 7.69. The van der Waals surface area contributed by atoms with Gasteiger partial charge in [-0.2, -0.15) is 0 Å². The number of hydrogen-bond donors (Lipinski definition) is 2. The smallest absolute Gasteiger partial charge is 0.270 e. The molecule has 7 nitrogen and oxygen atoms in total. The maximum absolute atomic E-state index is 12.5. The zero-order valence-corrected chi connectivity index (χ0v) is 13.3. The van der Waals surface area contributed by atoms with Gasteiger partial charge in [0.05, 0.1) is 16.5 Å². The first-order chi connectivity index (χ1) is 12.1. The van der Waals surface area contributed by atoms with Gasteiger partial charge in [0.15, 0.2) is 0 Å². The number of benzene rings is 2. The van der Waals surface area contributed by atoms with Crippen LogP contribution >= 0.6 is 0 Å². The summed E-state index contributed by atoms with van der Waals surface area (Å²) >= 11 is 0. The number of nitrogens with one attached hydrogen (secondary N) is 1. The van der Waals surface area contributed by atoms with Crippen LogP contribution in [0.2, 0.25) is 0 Å². The number of hydrogen-bond acceptors (Lipinski definition) is 5. The maximum Gasteiger partial charge on any atom is 0.270 e. The number of nitrogens with two attached hydrogens (primary N) is 1. The van der Waals surface area contributed by atoms with Gasteiger partial charge in [0.25, 0.3) is 11.6 Å². The van der Waals surface area contributed by atoms with E-state index in [0.717, 1.165) is 10.9 Å². The molecule has 0 spiro atoms. The minimum absolute atomic E-state index is 0.0472. The van der Waals surface area contributed by atoms with E-state index in [9.17, 15) is 14.9 Å². The molecule has 3 aromatic rings. The largest absolute Gasteiger partial charge is 0.343 e. The van der Waals surface area contributed by atoms with Gasteiger partial charge in [-0.3, -0.25) is 14.9 Å². The Labute approximate surface area is 143 Å². The van der Waals surface area contributed by atoms with Crippen LogP contribution in [0.4, 0.5) is 5.69 Å². The summed E-state index contributed by atoms with van der Waals surface area (Å²) in [5.41, 5.74) is 7.25. The molecule has 3 N–H and O–H groups in total. The number of aromatic nitrogens is 1. The number of non-ortho nitro benzene ring substituents is 1. The summed E-state index contributed by atoms with van der Waals surface area (Å²) in [7, 11) is 0. The van der Waals surface area contributed by atoms with Crippen molar-refractivity contribution in [1.82, 2.24) is 10.3 Å². The Morgan fingerprint density at radius 2 is 1.96 bits per heavy atom. The number of nitrogens with zero attached hydrogens (tertiary/aromatic N) is 2. The average molecular weight is 336 g/mol. The molecule has 1 aromatic heterocycles. The Morgan fingerprint density at radius 1 is 1.16 bits per heavy atom. The molecule has 0 aliphatic carbocycles. The third-order valence-corrected chi connectivity index (χ3v) is 3.86. The highest BCUT2D eigenvalue weighted by Crippen LogP contribution is 2.19. The molecule has 1 amide bonds. The van der Waals surface area contributed by atoms with E-state index >= 15 is 0 Å². The Kier molecular flexibility index (Phi) is 4.67. The van der Waals surface area contributed by atoms with Crippen molar-refractivity contribution in [3.05, 3.63) is 82.0 Å². The molecule has 0 aliphatic rings. The number of carbonyl (C=O) groups excluding carboxylic acids is 1. The van der Waals surface area contributed by atoms with Crippen molar-refractivity contribution in [2.24, 2.45) is 5.73 Å². The predicted molar refractivity (Wildman–Crippen MR) is 94.1 cm³/mol. The van der Waals surface area contributed by atoms with E-state index in [0.29, 0.717) is 5.56 Å². The predicted octanol–water partition coefficient (Wildman–Crippen LogP) is 2.57. The highest BCUT2D eigenvalue weighted by molar-refractivity contribution is 5.95. The van der Waals surface area contributed by atoms with E-state index in [1.165, 1.54) is 12.1 Å². The van der Waals surface area contributed by atoms with Gasteiger partial charge in [0.2, 0.25) is 0 Å². The Bertz CT molecular complexity index is 942. The molecule has 0 bridgehead atoms. The summed E-state index contributed by atoms with van der Waals surface area (Å²) in [6.45, 7) is 0.112. The highest BCUT2D eigenvalue weighted by Gasteiger charge is 2.17. The Morgan fingerprint density at radius 3 is 2.72 bits per heavy atom. The number of fused-ring (bicyclic) bond motifs is 1. The number of pyridine rings is 1. The van der Waals surface area contributed by atoms with E-state index in [1.807, 2.05) is 30.3 Å². The molecular weight excluding hydrogens is 320 g/mol. The molecular formula is C18H16N4O3. The first-order valence-electron chi connectivity index (χ1n) is 7.69. The lowest BCUT2D eigenvalue weighted by atomic mass is 10.1. The van der Waals surface area contributed by atoms with Gasteiger partial charge in [-0.15, -0.1) is 0 Å². The molecule has 2 aromatic carbocycles. The van der Waals surface area contributed by atoms with Gasteiger partial charge in [0, 0.05) is 24.1 Å². The van der Waals surface area contributed by atoms with Crippen LogP contribution in [-0.2, 0) is 0 Å². The van der Waals surface area contributed by atoms with Crippen LogP contribution in [0.15, 0.2) is 60.7 Å². The molecule has 0 aliphatic heterocycles. The molecule has 7 heteroatoms. The number of nitro groups is 1. The van der Waals surface area contributed by atoms with Crippen molar-refractivity contribution < 1.29 is 9.72 Å². The summed E-state index contributed by atoms with van der Waals surface area (Å²) in [5, 5.41) is 14.6. The molecule has 126 valence electrons. The van der Waals surface area contributed by atoms with Gasteiger partial charge in [0.1, 0.15) is 5.69 Å². The highest BCUT2D eigenvalue weighted by atomic mass is 16.6. The third-order valence-electron chi connectivity index (χ3n) is 3.86. The van der Waals surface area contributed by atoms with Crippen molar-refractivity contribution in [1.29, 1.82) is 0 Å². The standard InChI is InChI=1S/C18H16N4O3/c19-11-17(13-5-3-6-14(10-13)22(24)25)21-18(23)16-9-8-12-4-1-2-7-15(12)20-16/h1-10,17H,11,19H2,(H,21,23). The van der Waals surface area contributed by atoms with Gasteiger partial charge < -0.3 is 11.1 Å². The minimum Gasteiger partial charge on any atom is -0.343 e. The van der Waals surface area contributed by atoms with Gasteiger partial charge in [-0.25, -0.2) is 4.98 Å². The summed E-state index contributed by atoms with van der Waals surface area (Å²) in [6.07, 6.45) is 0. The van der Waals surface area contributed by atoms with E-state index in [-0.39, 0.29) is 23.8 Å². The van der Waals surface area contributed by atoms with Crippen molar-refractivity contribution >= 4 is 22.5 Å². The fourth-order valence-electron chi connectivity index (χ4n) is 2.56. The first kappa shape index (κ1) is 16.5. The molecule has 0 fully saturated rings. The summed E-state index contributed by atoms with van der Waals surface area (Å²) in [5.74, 6) is -0.382. The second-order valence-corrected chi connectivity index (χ2v) is 5.50. The minimum atomic E-state index is -0.541. The van der Waals surface area contributed by atoms with E-state index < -0.39 is 11.0 Å². The fourth-order valence-corrected chi connectivity index (χ4v) is 2.56. The van der Waals surface area contributed by atoms with Gasteiger partial charge in [-0.05, 0) is 17.7 Å². The molecule has 1 unspecified atom stereocenters. The van der Waals surface area contributed by atoms with Crippen LogP contribution in [0, 0.1) is 10.1 Å². The van der Waals surface area contributed by atoms with Crippen LogP contribution < -0.4 is 11.1 Å². The zero-order valence-electron chi connectivity index (χ0n) is 13.3. The Balaban J connectivity index is 1.84. The van der Waals surface area contributed by atoms with E-state index in [4.69, 9.17) is 5.73 Å². The monoisotopic (exact) mass is 336 g/mol. The van der Waals surface area contributed by atoms with Crippen molar-refractivity contribution in [3.63, 3.8) is 0 Å². The van der Waals surface area contributed by atoms with Crippen molar-refractivity contribution in [2.45, 2.75) is 6.04 Å². The van der Waals surface area contributed by atoms with Gasteiger partial charge in [-0.1, -0.05) is 36.4 Å². The topological polar surface area (TPSA) is 111 Å². The molecule has 1 atom stereocenters. The van der Waals surface area contributed by atoms with E-state index in [2.05, 4.69) is 10.3 Å².